The van der Waals surface area contributed by atoms with Gasteiger partial charge in [-0.25, -0.2) is 4.39 Å². The van der Waals surface area contributed by atoms with Gasteiger partial charge in [0.05, 0.1) is 16.6 Å². The maximum absolute atomic E-state index is 12.6. The molecular formula is C9H10FNO5. The lowest BCUT2D eigenvalue weighted by Crippen LogP contribution is -1.95. The van der Waals surface area contributed by atoms with Crippen molar-refractivity contribution in [2.45, 2.75) is 0 Å². The van der Waals surface area contributed by atoms with E-state index in [9.17, 15) is 19.3 Å². The quantitative estimate of drug-likeness (QED) is 0.473. The van der Waals surface area contributed by atoms with Crippen LogP contribution in [0.5, 0.6) is 5.75 Å². The van der Waals surface area contributed by atoms with E-state index in [2.05, 4.69) is 4.74 Å². The van der Waals surface area contributed by atoms with Crippen LogP contribution in [0.25, 0.3) is 0 Å². The Balaban J connectivity index is 0.000000673. The summed E-state index contributed by atoms with van der Waals surface area (Å²) in [6.07, 6.45) is 0.153. The van der Waals surface area contributed by atoms with E-state index in [1.165, 1.54) is 0 Å². The number of hydrogen-bond donors (Lipinski definition) is 1. The SMILES string of the molecule is COC.O=Cc1cc(F)c(O)cc1[N+](=O)[O-]. The van der Waals surface area contributed by atoms with Crippen molar-refractivity contribution >= 4 is 12.0 Å². The Bertz CT molecular complexity index is 394. The summed E-state index contributed by atoms with van der Waals surface area (Å²) < 4.78 is 16.8. The van der Waals surface area contributed by atoms with Gasteiger partial charge in [-0.15, -0.1) is 0 Å². The molecule has 1 aromatic carbocycles. The third-order valence-electron chi connectivity index (χ3n) is 1.42. The normalized spacial score (nSPS) is 8.94. The Hall–Kier alpha value is -2.02. The van der Waals surface area contributed by atoms with Gasteiger partial charge in [0.1, 0.15) is 0 Å². The predicted octanol–water partition coefficient (Wildman–Crippen LogP) is 1.51. The molecule has 0 aromatic heterocycles. The van der Waals surface area contributed by atoms with Crippen LogP contribution in [0.4, 0.5) is 10.1 Å². The van der Waals surface area contributed by atoms with Crippen molar-refractivity contribution < 1.29 is 24.0 Å². The summed E-state index contributed by atoms with van der Waals surface area (Å²) in [5, 5.41) is 19.0. The van der Waals surface area contributed by atoms with Gasteiger partial charge >= 0.3 is 0 Å². The van der Waals surface area contributed by atoms with Gasteiger partial charge in [0.15, 0.2) is 17.9 Å². The molecule has 88 valence electrons. The van der Waals surface area contributed by atoms with Gasteiger partial charge < -0.3 is 9.84 Å². The number of aldehydes is 1. The molecule has 1 aromatic rings. The highest BCUT2D eigenvalue weighted by Crippen LogP contribution is 2.25. The zero-order chi connectivity index (χ0) is 12.7. The summed E-state index contributed by atoms with van der Waals surface area (Å²) in [6.45, 7) is 0. The molecular weight excluding hydrogens is 221 g/mol. The molecule has 6 nitrogen and oxygen atoms in total. The first-order valence-corrected chi connectivity index (χ1v) is 4.00. The number of methoxy groups -OCH3 is 1. The minimum atomic E-state index is -1.06. The Labute approximate surface area is 90.4 Å². The molecule has 0 saturated heterocycles. The minimum Gasteiger partial charge on any atom is -0.505 e. The molecule has 0 aliphatic heterocycles. The van der Waals surface area contributed by atoms with Crippen LogP contribution < -0.4 is 0 Å². The predicted molar refractivity (Wildman–Crippen MR) is 53.0 cm³/mol. The van der Waals surface area contributed by atoms with Crippen molar-refractivity contribution in [2.75, 3.05) is 14.2 Å². The molecule has 0 bridgehead atoms. The monoisotopic (exact) mass is 231 g/mol. The molecule has 0 atom stereocenters. The fourth-order valence-corrected chi connectivity index (χ4v) is 0.819. The van der Waals surface area contributed by atoms with Crippen LogP contribution in [0.2, 0.25) is 0 Å². The zero-order valence-electron chi connectivity index (χ0n) is 8.64. The Morgan fingerprint density at radius 2 is 2.00 bits per heavy atom. The number of nitro benzene ring substituents is 1. The second kappa shape index (κ2) is 6.46. The van der Waals surface area contributed by atoms with Gasteiger partial charge in [-0.1, -0.05) is 0 Å². The highest BCUT2D eigenvalue weighted by molar-refractivity contribution is 5.81. The molecule has 0 saturated carbocycles. The summed E-state index contributed by atoms with van der Waals surface area (Å²) >= 11 is 0. The summed E-state index contributed by atoms with van der Waals surface area (Å²) in [4.78, 5) is 19.6. The van der Waals surface area contributed by atoms with Crippen molar-refractivity contribution in [3.63, 3.8) is 0 Å². The molecule has 0 unspecified atom stereocenters. The number of phenolic OH excluding ortho intramolecular Hbond substituents is 1. The Morgan fingerprint density at radius 1 is 1.50 bits per heavy atom. The topological polar surface area (TPSA) is 89.7 Å². The largest absolute Gasteiger partial charge is 0.505 e. The molecule has 0 spiro atoms. The van der Waals surface area contributed by atoms with Gasteiger partial charge in [0.25, 0.3) is 5.69 Å². The first kappa shape index (κ1) is 14.0. The summed E-state index contributed by atoms with van der Waals surface area (Å²) in [5.41, 5.74) is -1.02. The number of nitro groups is 1. The number of aromatic hydroxyl groups is 1. The van der Waals surface area contributed by atoms with Gasteiger partial charge in [-0.05, 0) is 6.07 Å². The van der Waals surface area contributed by atoms with E-state index in [0.717, 1.165) is 0 Å². The minimum absolute atomic E-state index is 0.153. The molecule has 16 heavy (non-hydrogen) atoms. The van der Waals surface area contributed by atoms with Crippen LogP contribution in [-0.2, 0) is 4.74 Å². The van der Waals surface area contributed by atoms with Crippen molar-refractivity contribution in [1.82, 2.24) is 0 Å². The van der Waals surface area contributed by atoms with Crippen LogP contribution in [0.15, 0.2) is 12.1 Å². The van der Waals surface area contributed by atoms with Crippen LogP contribution in [0.1, 0.15) is 10.4 Å². The molecule has 1 N–H and O–H groups in total. The molecule has 1 rings (SSSR count). The summed E-state index contributed by atoms with van der Waals surface area (Å²) in [6, 6.07) is 1.21. The van der Waals surface area contributed by atoms with E-state index in [1.54, 1.807) is 14.2 Å². The molecule has 0 amide bonds. The first-order valence-electron chi connectivity index (χ1n) is 4.00. The van der Waals surface area contributed by atoms with Crippen LogP contribution in [-0.4, -0.2) is 30.5 Å². The van der Waals surface area contributed by atoms with Gasteiger partial charge in [-0.2, -0.15) is 0 Å². The summed E-state index contributed by atoms with van der Waals surface area (Å²) in [5.74, 6) is -1.91. The Morgan fingerprint density at radius 3 is 2.38 bits per heavy atom. The molecule has 0 radical (unpaired) electrons. The lowest BCUT2D eigenvalue weighted by atomic mass is 10.2. The van der Waals surface area contributed by atoms with Gasteiger partial charge in [0.2, 0.25) is 0 Å². The van der Waals surface area contributed by atoms with Crippen LogP contribution in [0.3, 0.4) is 0 Å². The second-order valence-electron chi connectivity index (χ2n) is 2.65. The van der Waals surface area contributed by atoms with Crippen molar-refractivity contribution in [3.05, 3.63) is 33.6 Å². The smallest absolute Gasteiger partial charge is 0.283 e. The first-order chi connectivity index (χ1) is 7.47. The van der Waals surface area contributed by atoms with Gasteiger partial charge in [-0.3, -0.25) is 14.9 Å². The number of phenols is 1. The lowest BCUT2D eigenvalue weighted by molar-refractivity contribution is -0.385. The molecule has 0 fully saturated rings. The number of benzene rings is 1. The molecule has 7 heteroatoms. The number of ether oxygens (including phenoxy) is 1. The number of rotatable bonds is 2. The number of carbonyl (C=O) groups is 1. The van der Waals surface area contributed by atoms with E-state index in [4.69, 9.17) is 5.11 Å². The fraction of sp³-hybridized carbons (Fsp3) is 0.222. The van der Waals surface area contributed by atoms with Crippen LogP contribution >= 0.6 is 0 Å². The second-order valence-corrected chi connectivity index (χ2v) is 2.65. The summed E-state index contributed by atoms with van der Waals surface area (Å²) in [7, 11) is 3.25. The van der Waals surface area contributed by atoms with Crippen molar-refractivity contribution in [3.8, 4) is 5.75 Å². The lowest BCUT2D eigenvalue weighted by Gasteiger charge is -1.97. The maximum atomic E-state index is 12.6. The third-order valence-corrected chi connectivity index (χ3v) is 1.42. The van der Waals surface area contributed by atoms with E-state index >= 15 is 0 Å². The van der Waals surface area contributed by atoms with Crippen LogP contribution in [0, 0.1) is 15.9 Å². The zero-order valence-corrected chi connectivity index (χ0v) is 8.64. The van der Waals surface area contributed by atoms with E-state index in [-0.39, 0.29) is 6.29 Å². The van der Waals surface area contributed by atoms with Gasteiger partial charge in [0, 0.05) is 14.2 Å². The highest BCUT2D eigenvalue weighted by atomic mass is 19.1. The highest BCUT2D eigenvalue weighted by Gasteiger charge is 2.17. The number of halogens is 1. The molecule has 0 heterocycles. The molecule has 0 aliphatic rings. The maximum Gasteiger partial charge on any atom is 0.283 e. The van der Waals surface area contributed by atoms with Crippen molar-refractivity contribution in [2.24, 2.45) is 0 Å². The standard InChI is InChI=1S/C7H4FNO4.C2H6O/c8-5-1-4(3-10)6(9(12)13)2-7(5)11;1-3-2/h1-3,11H;1-2H3. The Kier molecular flexibility index (Phi) is 5.65. The van der Waals surface area contributed by atoms with E-state index in [1.807, 2.05) is 0 Å². The fourth-order valence-electron chi connectivity index (χ4n) is 0.819. The average Bonchev–Trinajstić information content (AvgIpc) is 2.22. The number of nitrogens with zero attached hydrogens (tertiary/aromatic N) is 1. The number of carbonyl (C=O) groups excluding carboxylic acids is 1. The average molecular weight is 231 g/mol. The van der Waals surface area contributed by atoms with E-state index in [0.29, 0.717) is 12.1 Å². The third kappa shape index (κ3) is 3.62. The van der Waals surface area contributed by atoms with E-state index < -0.39 is 27.7 Å². The van der Waals surface area contributed by atoms with Crippen molar-refractivity contribution in [1.29, 1.82) is 0 Å². The molecule has 0 aliphatic carbocycles. The number of hydrogen-bond acceptors (Lipinski definition) is 5.